The van der Waals surface area contributed by atoms with Crippen molar-refractivity contribution in [2.45, 2.75) is 19.5 Å². The van der Waals surface area contributed by atoms with Crippen molar-refractivity contribution in [2.75, 3.05) is 19.0 Å². The molecule has 8 nitrogen and oxygen atoms in total. The van der Waals surface area contributed by atoms with Crippen LogP contribution in [0.1, 0.15) is 6.92 Å². The predicted octanol–water partition coefficient (Wildman–Crippen LogP) is 0.124. The van der Waals surface area contributed by atoms with Gasteiger partial charge in [0.25, 0.3) is 0 Å². The molecule has 0 aliphatic carbocycles. The summed E-state index contributed by atoms with van der Waals surface area (Å²) in [5, 5.41) is 17.4. The second-order valence-corrected chi connectivity index (χ2v) is 3.64. The number of ether oxygens (including phenoxy) is 1. The minimum Gasteiger partial charge on any atom is -0.480 e. The molecule has 1 atom stereocenters. The number of nitrogens with zero attached hydrogens (tertiary/aromatic N) is 2. The van der Waals surface area contributed by atoms with Gasteiger partial charge in [-0.3, -0.25) is 9.48 Å². The first kappa shape index (κ1) is 14.0. The summed E-state index contributed by atoms with van der Waals surface area (Å²) in [4.78, 5) is 21.9. The molecule has 1 heterocycles. The van der Waals surface area contributed by atoms with Crippen molar-refractivity contribution in [1.82, 2.24) is 15.1 Å². The van der Waals surface area contributed by atoms with E-state index < -0.39 is 18.0 Å². The molecule has 1 aromatic rings. The molecule has 0 bridgehead atoms. The molecular weight excluding hydrogens is 240 g/mol. The average molecular weight is 256 g/mol. The minimum absolute atomic E-state index is 0.487. The van der Waals surface area contributed by atoms with Crippen LogP contribution in [0.3, 0.4) is 0 Å². The Labute approximate surface area is 104 Å². The summed E-state index contributed by atoms with van der Waals surface area (Å²) in [6.07, 6.45) is 3.10. The highest BCUT2D eigenvalue weighted by atomic mass is 16.5. The molecule has 0 saturated heterocycles. The van der Waals surface area contributed by atoms with Crippen LogP contribution < -0.4 is 10.6 Å². The zero-order chi connectivity index (χ0) is 13.5. The molecule has 1 aromatic heterocycles. The van der Waals surface area contributed by atoms with Gasteiger partial charge in [-0.05, 0) is 6.92 Å². The van der Waals surface area contributed by atoms with E-state index in [0.717, 1.165) is 0 Å². The number of hydrogen-bond acceptors (Lipinski definition) is 4. The number of carbonyl (C=O) groups is 2. The van der Waals surface area contributed by atoms with E-state index in [1.807, 2.05) is 0 Å². The maximum atomic E-state index is 11.4. The zero-order valence-corrected chi connectivity index (χ0v) is 10.2. The van der Waals surface area contributed by atoms with Gasteiger partial charge in [0.2, 0.25) is 0 Å². The van der Waals surface area contributed by atoms with Crippen molar-refractivity contribution in [3.8, 4) is 0 Å². The number of urea groups is 1. The number of carboxylic acids is 1. The van der Waals surface area contributed by atoms with Gasteiger partial charge in [0.1, 0.15) is 6.04 Å². The standard InChI is InChI=1S/C10H16N4O4/c1-7(9(15)16)12-10(17)13-8-5-11-14(6-8)3-4-18-2/h5-7H,3-4H2,1-2H3,(H,15,16)(H2,12,13,17)/t7-/m0/s1. The number of amides is 2. The number of aromatic nitrogens is 2. The molecule has 0 fully saturated rings. The number of aliphatic carboxylic acids is 1. The number of hydrogen-bond donors (Lipinski definition) is 3. The number of rotatable bonds is 6. The number of anilines is 1. The van der Waals surface area contributed by atoms with Gasteiger partial charge in [-0.2, -0.15) is 5.10 Å². The molecule has 0 radical (unpaired) electrons. The van der Waals surface area contributed by atoms with Crippen LogP contribution in [-0.2, 0) is 16.1 Å². The molecule has 0 aliphatic heterocycles. The van der Waals surface area contributed by atoms with Gasteiger partial charge in [-0.15, -0.1) is 0 Å². The summed E-state index contributed by atoms with van der Waals surface area (Å²) in [7, 11) is 1.59. The molecule has 0 unspecified atom stereocenters. The Balaban J connectivity index is 2.44. The van der Waals surface area contributed by atoms with E-state index in [2.05, 4.69) is 15.7 Å². The fourth-order valence-electron chi connectivity index (χ4n) is 1.16. The van der Waals surface area contributed by atoms with Gasteiger partial charge >= 0.3 is 12.0 Å². The van der Waals surface area contributed by atoms with E-state index in [1.54, 1.807) is 18.0 Å². The fourth-order valence-corrected chi connectivity index (χ4v) is 1.16. The highest BCUT2D eigenvalue weighted by molar-refractivity contribution is 5.91. The Kier molecular flexibility index (Phi) is 5.12. The fraction of sp³-hybridized carbons (Fsp3) is 0.500. The van der Waals surface area contributed by atoms with E-state index in [1.165, 1.54) is 13.1 Å². The van der Waals surface area contributed by atoms with E-state index in [-0.39, 0.29) is 0 Å². The third kappa shape index (κ3) is 4.42. The molecule has 0 aliphatic rings. The van der Waals surface area contributed by atoms with Crippen LogP contribution in [0.4, 0.5) is 10.5 Å². The normalized spacial score (nSPS) is 11.9. The van der Waals surface area contributed by atoms with Gasteiger partial charge in [-0.1, -0.05) is 0 Å². The van der Waals surface area contributed by atoms with E-state index in [4.69, 9.17) is 9.84 Å². The third-order valence-electron chi connectivity index (χ3n) is 2.13. The van der Waals surface area contributed by atoms with Gasteiger partial charge < -0.3 is 20.5 Å². The van der Waals surface area contributed by atoms with Crippen LogP contribution in [-0.4, -0.2) is 46.6 Å². The lowest BCUT2D eigenvalue weighted by Gasteiger charge is -2.09. The van der Waals surface area contributed by atoms with Crippen LogP contribution in [0.25, 0.3) is 0 Å². The van der Waals surface area contributed by atoms with E-state index in [9.17, 15) is 9.59 Å². The van der Waals surface area contributed by atoms with Gasteiger partial charge in [0.05, 0.1) is 25.0 Å². The van der Waals surface area contributed by atoms with Crippen LogP contribution in [0.5, 0.6) is 0 Å². The predicted molar refractivity (Wildman–Crippen MR) is 63.4 cm³/mol. The number of carbonyl (C=O) groups excluding carboxylic acids is 1. The molecule has 0 spiro atoms. The highest BCUT2D eigenvalue weighted by Crippen LogP contribution is 2.04. The van der Waals surface area contributed by atoms with Crippen molar-refractivity contribution < 1.29 is 19.4 Å². The van der Waals surface area contributed by atoms with Crippen LogP contribution in [0.15, 0.2) is 12.4 Å². The Bertz CT molecular complexity index is 418. The first-order valence-electron chi connectivity index (χ1n) is 5.34. The average Bonchev–Trinajstić information content (AvgIpc) is 2.73. The van der Waals surface area contributed by atoms with Crippen molar-refractivity contribution in [2.24, 2.45) is 0 Å². The Hall–Kier alpha value is -2.09. The highest BCUT2D eigenvalue weighted by Gasteiger charge is 2.14. The Morgan fingerprint density at radius 1 is 1.61 bits per heavy atom. The quantitative estimate of drug-likeness (QED) is 0.670. The SMILES string of the molecule is COCCn1cc(NC(=O)N[C@@H](C)C(=O)O)cn1. The molecule has 0 aromatic carbocycles. The third-order valence-corrected chi connectivity index (χ3v) is 2.13. The first-order valence-corrected chi connectivity index (χ1v) is 5.34. The second kappa shape index (κ2) is 6.60. The zero-order valence-electron chi connectivity index (χ0n) is 10.2. The monoisotopic (exact) mass is 256 g/mol. The van der Waals surface area contributed by atoms with Gasteiger partial charge in [-0.25, -0.2) is 4.79 Å². The molecule has 8 heteroatoms. The van der Waals surface area contributed by atoms with Crippen LogP contribution >= 0.6 is 0 Å². The minimum atomic E-state index is -1.10. The second-order valence-electron chi connectivity index (χ2n) is 3.64. The molecule has 3 N–H and O–H groups in total. The number of carboxylic acid groups (broad SMARTS) is 1. The van der Waals surface area contributed by atoms with Crippen molar-refractivity contribution in [3.63, 3.8) is 0 Å². The summed E-state index contributed by atoms with van der Waals surface area (Å²) in [6.45, 7) is 2.47. The first-order chi connectivity index (χ1) is 8.52. The summed E-state index contributed by atoms with van der Waals surface area (Å²) in [5.41, 5.74) is 0.487. The van der Waals surface area contributed by atoms with Crippen molar-refractivity contribution >= 4 is 17.7 Å². The van der Waals surface area contributed by atoms with Gasteiger partial charge in [0, 0.05) is 13.3 Å². The van der Waals surface area contributed by atoms with Crippen LogP contribution in [0, 0.1) is 0 Å². The van der Waals surface area contributed by atoms with E-state index >= 15 is 0 Å². The number of nitrogens with one attached hydrogen (secondary N) is 2. The summed E-state index contributed by atoms with van der Waals surface area (Å²) < 4.78 is 6.50. The maximum Gasteiger partial charge on any atom is 0.325 e. The Morgan fingerprint density at radius 3 is 2.94 bits per heavy atom. The smallest absolute Gasteiger partial charge is 0.325 e. The van der Waals surface area contributed by atoms with Gasteiger partial charge in [0.15, 0.2) is 0 Å². The van der Waals surface area contributed by atoms with Crippen molar-refractivity contribution in [3.05, 3.63) is 12.4 Å². The van der Waals surface area contributed by atoms with Crippen LogP contribution in [0.2, 0.25) is 0 Å². The number of methoxy groups -OCH3 is 1. The van der Waals surface area contributed by atoms with E-state index in [0.29, 0.717) is 18.8 Å². The molecular formula is C10H16N4O4. The lowest BCUT2D eigenvalue weighted by Crippen LogP contribution is -2.40. The summed E-state index contributed by atoms with van der Waals surface area (Å²) >= 11 is 0. The summed E-state index contributed by atoms with van der Waals surface area (Å²) in [6, 6.07) is -1.54. The lowest BCUT2D eigenvalue weighted by molar-refractivity contribution is -0.138. The molecule has 100 valence electrons. The topological polar surface area (TPSA) is 105 Å². The molecule has 0 saturated carbocycles. The van der Waals surface area contributed by atoms with Crippen molar-refractivity contribution in [1.29, 1.82) is 0 Å². The largest absolute Gasteiger partial charge is 0.480 e. The maximum absolute atomic E-state index is 11.4. The lowest BCUT2D eigenvalue weighted by atomic mass is 10.3. The Morgan fingerprint density at radius 2 is 2.33 bits per heavy atom. The molecule has 18 heavy (non-hydrogen) atoms. The molecule has 1 rings (SSSR count). The summed E-state index contributed by atoms with van der Waals surface area (Å²) in [5.74, 6) is -1.10. The molecule has 2 amide bonds.